The van der Waals surface area contributed by atoms with E-state index < -0.39 is 0 Å². The largest absolute Gasteiger partial charge is 0.370 e. The maximum Gasteiger partial charge on any atom is 0.126 e. The number of anilines is 1. The molecule has 0 aliphatic carbocycles. The molecule has 0 aromatic carbocycles. The van der Waals surface area contributed by atoms with E-state index in [1.165, 1.54) is 0 Å². The van der Waals surface area contributed by atoms with Crippen LogP contribution in [0.25, 0.3) is 0 Å². The molecule has 1 heterocycles. The Labute approximate surface area is 119 Å². The van der Waals surface area contributed by atoms with Gasteiger partial charge in [0.15, 0.2) is 0 Å². The van der Waals surface area contributed by atoms with Crippen molar-refractivity contribution in [3.8, 4) is 0 Å². The Bertz CT molecular complexity index is 373. The fourth-order valence-electron chi connectivity index (χ4n) is 1.64. The third-order valence-corrected chi connectivity index (χ3v) is 4.00. The molecule has 0 aliphatic rings. The van der Waals surface area contributed by atoms with Gasteiger partial charge in [0, 0.05) is 24.9 Å². The highest BCUT2D eigenvalue weighted by Crippen LogP contribution is 2.19. The van der Waals surface area contributed by atoms with Crippen molar-refractivity contribution in [1.29, 1.82) is 0 Å². The van der Waals surface area contributed by atoms with E-state index in [1.54, 1.807) is 0 Å². The van der Waals surface area contributed by atoms with Crippen molar-refractivity contribution >= 4 is 29.2 Å². The average Bonchev–Trinajstić information content (AvgIpc) is 2.34. The normalized spacial score (nSPS) is 12.8. The van der Waals surface area contributed by atoms with Crippen molar-refractivity contribution in [3.05, 3.63) is 22.8 Å². The van der Waals surface area contributed by atoms with Gasteiger partial charge in [-0.25, -0.2) is 4.98 Å². The number of rotatable bonds is 7. The first-order chi connectivity index (χ1) is 8.58. The standard InChI is InChI=1S/C13H22ClN3S/c1-5-15-13-7-6-11(14)12(16-13)8-17(3)10(2)9-18-4/h6-7,10H,5,8-9H2,1-4H3,(H,15,16). The predicted octanol–water partition coefficient (Wildman–Crippen LogP) is 3.35. The number of halogens is 1. The molecule has 0 amide bonds. The van der Waals surface area contributed by atoms with Gasteiger partial charge in [-0.2, -0.15) is 11.8 Å². The minimum absolute atomic E-state index is 0.514. The Morgan fingerprint density at radius 3 is 2.83 bits per heavy atom. The van der Waals surface area contributed by atoms with E-state index in [-0.39, 0.29) is 0 Å². The number of aromatic nitrogens is 1. The van der Waals surface area contributed by atoms with Gasteiger partial charge in [0.1, 0.15) is 5.82 Å². The van der Waals surface area contributed by atoms with Crippen LogP contribution in [0.4, 0.5) is 5.82 Å². The summed E-state index contributed by atoms with van der Waals surface area (Å²) >= 11 is 8.06. The average molecular weight is 288 g/mol. The molecule has 1 rings (SSSR count). The molecule has 1 aromatic rings. The molecule has 0 radical (unpaired) electrons. The third kappa shape index (κ3) is 4.67. The van der Waals surface area contributed by atoms with Crippen LogP contribution in [0.2, 0.25) is 5.02 Å². The first-order valence-corrected chi connectivity index (χ1v) is 7.94. The highest BCUT2D eigenvalue weighted by atomic mass is 35.5. The summed E-state index contributed by atoms with van der Waals surface area (Å²) in [5.74, 6) is 2.00. The zero-order chi connectivity index (χ0) is 13.5. The number of nitrogens with one attached hydrogen (secondary N) is 1. The summed E-state index contributed by atoms with van der Waals surface area (Å²) in [5, 5.41) is 3.95. The summed E-state index contributed by atoms with van der Waals surface area (Å²) in [5.41, 5.74) is 0.936. The molecule has 1 aromatic heterocycles. The summed E-state index contributed by atoms with van der Waals surface area (Å²) in [7, 11) is 2.11. The Morgan fingerprint density at radius 1 is 1.50 bits per heavy atom. The number of hydrogen-bond acceptors (Lipinski definition) is 4. The van der Waals surface area contributed by atoms with E-state index in [4.69, 9.17) is 11.6 Å². The first-order valence-electron chi connectivity index (χ1n) is 6.17. The van der Waals surface area contributed by atoms with Crippen LogP contribution in [0, 0.1) is 0 Å². The molecule has 0 fully saturated rings. The van der Waals surface area contributed by atoms with Crippen molar-refractivity contribution in [1.82, 2.24) is 9.88 Å². The van der Waals surface area contributed by atoms with Crippen molar-refractivity contribution in [2.24, 2.45) is 0 Å². The van der Waals surface area contributed by atoms with E-state index in [2.05, 4.69) is 42.4 Å². The van der Waals surface area contributed by atoms with E-state index in [1.807, 2.05) is 23.9 Å². The Hall–Kier alpha value is -0.450. The first kappa shape index (κ1) is 15.6. The van der Waals surface area contributed by atoms with E-state index in [0.29, 0.717) is 6.04 Å². The fourth-order valence-corrected chi connectivity index (χ4v) is 2.54. The molecular weight excluding hydrogens is 266 g/mol. The van der Waals surface area contributed by atoms with Gasteiger partial charge in [0.25, 0.3) is 0 Å². The zero-order valence-corrected chi connectivity index (χ0v) is 13.1. The van der Waals surface area contributed by atoms with Crippen molar-refractivity contribution < 1.29 is 0 Å². The minimum atomic E-state index is 0.514. The maximum absolute atomic E-state index is 6.20. The summed E-state index contributed by atoms with van der Waals surface area (Å²) in [6.45, 7) is 5.92. The van der Waals surface area contributed by atoms with E-state index in [9.17, 15) is 0 Å². The smallest absolute Gasteiger partial charge is 0.126 e. The molecule has 102 valence electrons. The van der Waals surface area contributed by atoms with Crippen LogP contribution in [0.5, 0.6) is 0 Å². The van der Waals surface area contributed by atoms with Crippen LogP contribution in [0.3, 0.4) is 0 Å². The molecule has 0 aliphatic heterocycles. The Balaban J connectivity index is 2.73. The molecule has 1 unspecified atom stereocenters. The van der Waals surface area contributed by atoms with Gasteiger partial charge in [-0.1, -0.05) is 11.6 Å². The van der Waals surface area contributed by atoms with Gasteiger partial charge in [-0.15, -0.1) is 0 Å². The summed E-state index contributed by atoms with van der Waals surface area (Å²) in [4.78, 5) is 6.83. The van der Waals surface area contributed by atoms with Gasteiger partial charge in [0.2, 0.25) is 0 Å². The molecule has 0 bridgehead atoms. The topological polar surface area (TPSA) is 28.2 Å². The SMILES string of the molecule is CCNc1ccc(Cl)c(CN(C)C(C)CSC)n1. The van der Waals surface area contributed by atoms with E-state index >= 15 is 0 Å². The number of pyridine rings is 1. The van der Waals surface area contributed by atoms with Crippen LogP contribution in [0.1, 0.15) is 19.5 Å². The lowest BCUT2D eigenvalue weighted by atomic mass is 10.3. The van der Waals surface area contributed by atoms with Gasteiger partial charge in [-0.05, 0) is 39.3 Å². The Morgan fingerprint density at radius 2 is 2.22 bits per heavy atom. The van der Waals surface area contributed by atoms with Crippen LogP contribution in [-0.2, 0) is 6.54 Å². The second kappa shape index (κ2) is 7.87. The molecule has 18 heavy (non-hydrogen) atoms. The second-order valence-electron chi connectivity index (χ2n) is 4.37. The maximum atomic E-state index is 6.20. The monoisotopic (exact) mass is 287 g/mol. The quantitative estimate of drug-likeness (QED) is 0.832. The molecule has 0 saturated heterocycles. The van der Waals surface area contributed by atoms with Crippen molar-refractivity contribution in [3.63, 3.8) is 0 Å². The molecule has 0 spiro atoms. The lowest BCUT2D eigenvalue weighted by Crippen LogP contribution is -2.31. The highest BCUT2D eigenvalue weighted by molar-refractivity contribution is 7.98. The van der Waals surface area contributed by atoms with Crippen LogP contribution in [-0.4, -0.2) is 41.5 Å². The molecule has 5 heteroatoms. The number of hydrogen-bond donors (Lipinski definition) is 1. The number of nitrogens with zero attached hydrogens (tertiary/aromatic N) is 2. The molecule has 1 N–H and O–H groups in total. The second-order valence-corrected chi connectivity index (χ2v) is 5.69. The van der Waals surface area contributed by atoms with Gasteiger partial charge in [0.05, 0.1) is 10.7 Å². The van der Waals surface area contributed by atoms with Crippen LogP contribution >= 0.6 is 23.4 Å². The fraction of sp³-hybridized carbons (Fsp3) is 0.615. The van der Waals surface area contributed by atoms with E-state index in [0.717, 1.165) is 35.4 Å². The van der Waals surface area contributed by atoms with Crippen molar-refractivity contribution in [2.45, 2.75) is 26.4 Å². The summed E-state index contributed by atoms with van der Waals surface area (Å²) in [6, 6.07) is 4.34. The van der Waals surface area contributed by atoms with Gasteiger partial charge < -0.3 is 5.32 Å². The van der Waals surface area contributed by atoms with Crippen molar-refractivity contribution in [2.75, 3.05) is 30.9 Å². The van der Waals surface area contributed by atoms with Gasteiger partial charge >= 0.3 is 0 Å². The predicted molar refractivity (Wildman–Crippen MR) is 82.7 cm³/mol. The minimum Gasteiger partial charge on any atom is -0.370 e. The molecular formula is C13H22ClN3S. The summed E-state index contributed by atoms with van der Waals surface area (Å²) in [6.07, 6.45) is 2.13. The molecule has 1 atom stereocenters. The van der Waals surface area contributed by atoms with Crippen LogP contribution in [0.15, 0.2) is 12.1 Å². The van der Waals surface area contributed by atoms with Crippen LogP contribution < -0.4 is 5.32 Å². The third-order valence-electron chi connectivity index (χ3n) is 2.84. The lowest BCUT2D eigenvalue weighted by molar-refractivity contribution is 0.267. The summed E-state index contributed by atoms with van der Waals surface area (Å²) < 4.78 is 0. The highest BCUT2D eigenvalue weighted by Gasteiger charge is 2.12. The Kier molecular flexibility index (Phi) is 6.82. The lowest BCUT2D eigenvalue weighted by Gasteiger charge is -2.24. The zero-order valence-electron chi connectivity index (χ0n) is 11.5. The number of thioether (sulfide) groups is 1. The molecule has 0 saturated carbocycles. The molecule has 3 nitrogen and oxygen atoms in total. The van der Waals surface area contributed by atoms with Gasteiger partial charge in [-0.3, -0.25) is 4.90 Å².